The van der Waals surface area contributed by atoms with E-state index in [0.29, 0.717) is 0 Å². The summed E-state index contributed by atoms with van der Waals surface area (Å²) in [6.07, 6.45) is 2.77. The highest BCUT2D eigenvalue weighted by atomic mass is 32.2. The summed E-state index contributed by atoms with van der Waals surface area (Å²) < 4.78 is 0. The van der Waals surface area contributed by atoms with Gasteiger partial charge in [0.1, 0.15) is 0 Å². The van der Waals surface area contributed by atoms with E-state index in [1.807, 2.05) is 6.26 Å². The molecule has 1 unspecified atom stereocenters. The van der Waals surface area contributed by atoms with Crippen molar-refractivity contribution < 1.29 is 4.79 Å². The van der Waals surface area contributed by atoms with E-state index in [2.05, 4.69) is 0 Å². The molecule has 1 amide bonds. The monoisotopic (exact) mass is 176 g/mol. The van der Waals surface area contributed by atoms with Crippen LogP contribution in [0, 0.1) is 0 Å². The molecule has 0 radical (unpaired) electrons. The highest BCUT2D eigenvalue weighted by Gasteiger charge is 2.13. The van der Waals surface area contributed by atoms with Gasteiger partial charge in [0.15, 0.2) is 0 Å². The summed E-state index contributed by atoms with van der Waals surface area (Å²) in [7, 11) is 3.45. The topological polar surface area (TPSA) is 46.3 Å². The van der Waals surface area contributed by atoms with Gasteiger partial charge in [-0.2, -0.15) is 11.8 Å². The van der Waals surface area contributed by atoms with Crippen molar-refractivity contribution in [3.05, 3.63) is 0 Å². The maximum Gasteiger partial charge on any atom is 0.238 e. The first-order chi connectivity index (χ1) is 5.09. The number of carbonyl (C=O) groups is 1. The molecule has 0 aliphatic heterocycles. The van der Waals surface area contributed by atoms with Crippen LogP contribution in [0.2, 0.25) is 0 Å². The lowest BCUT2D eigenvalue weighted by molar-refractivity contribution is -0.130. The molecule has 0 aromatic rings. The molecule has 0 bridgehead atoms. The summed E-state index contributed by atoms with van der Waals surface area (Å²) >= 11 is 1.71. The van der Waals surface area contributed by atoms with E-state index in [1.54, 1.807) is 25.9 Å². The van der Waals surface area contributed by atoms with Crippen LogP contribution in [0.4, 0.5) is 0 Å². The molecular formula is C7H16N2OS. The Morgan fingerprint density at radius 1 is 1.64 bits per heavy atom. The Hall–Kier alpha value is -0.220. The number of nitrogens with two attached hydrogens (primary N) is 1. The number of rotatable bonds is 4. The SMILES string of the molecule is CSCCC(N)C(=O)N(C)C. The van der Waals surface area contributed by atoms with Crippen molar-refractivity contribution in [2.24, 2.45) is 5.73 Å². The molecular weight excluding hydrogens is 160 g/mol. The lowest BCUT2D eigenvalue weighted by Gasteiger charge is -2.15. The maximum absolute atomic E-state index is 11.1. The molecule has 0 aromatic heterocycles. The van der Waals surface area contributed by atoms with Gasteiger partial charge in [-0.05, 0) is 18.4 Å². The number of thioether (sulfide) groups is 1. The Kier molecular flexibility index (Phi) is 5.32. The van der Waals surface area contributed by atoms with Gasteiger partial charge in [0.05, 0.1) is 6.04 Å². The summed E-state index contributed by atoms with van der Waals surface area (Å²) in [6, 6.07) is -0.322. The van der Waals surface area contributed by atoms with Gasteiger partial charge in [0.25, 0.3) is 0 Å². The molecule has 0 saturated heterocycles. The third-order valence-corrected chi connectivity index (χ3v) is 2.03. The molecule has 1 atom stereocenters. The van der Waals surface area contributed by atoms with Crippen molar-refractivity contribution in [2.75, 3.05) is 26.1 Å². The number of nitrogens with zero attached hydrogens (tertiary/aromatic N) is 1. The lowest BCUT2D eigenvalue weighted by Crippen LogP contribution is -2.40. The largest absolute Gasteiger partial charge is 0.347 e. The van der Waals surface area contributed by atoms with E-state index in [9.17, 15) is 4.79 Å². The zero-order chi connectivity index (χ0) is 8.85. The first-order valence-electron chi connectivity index (χ1n) is 3.55. The van der Waals surface area contributed by atoms with E-state index in [0.717, 1.165) is 12.2 Å². The summed E-state index contributed by atoms with van der Waals surface area (Å²) in [5.74, 6) is 0.958. The fourth-order valence-electron chi connectivity index (χ4n) is 0.700. The number of amides is 1. The van der Waals surface area contributed by atoms with Gasteiger partial charge in [-0.25, -0.2) is 0 Å². The van der Waals surface area contributed by atoms with E-state index in [-0.39, 0.29) is 11.9 Å². The average Bonchev–Trinajstić information content (AvgIpc) is 1.98. The number of hydrogen-bond acceptors (Lipinski definition) is 3. The number of hydrogen-bond donors (Lipinski definition) is 1. The molecule has 0 aliphatic carbocycles. The highest BCUT2D eigenvalue weighted by Crippen LogP contribution is 2.00. The van der Waals surface area contributed by atoms with Gasteiger partial charge in [-0.3, -0.25) is 4.79 Å². The highest BCUT2D eigenvalue weighted by molar-refractivity contribution is 7.98. The van der Waals surface area contributed by atoms with E-state index < -0.39 is 0 Å². The summed E-state index contributed by atoms with van der Waals surface area (Å²) in [5.41, 5.74) is 5.60. The van der Waals surface area contributed by atoms with Crippen molar-refractivity contribution in [1.82, 2.24) is 4.90 Å². The molecule has 3 nitrogen and oxygen atoms in total. The molecule has 11 heavy (non-hydrogen) atoms. The molecule has 0 aromatic carbocycles. The average molecular weight is 176 g/mol. The van der Waals surface area contributed by atoms with Crippen molar-refractivity contribution in [3.63, 3.8) is 0 Å². The predicted octanol–water partition coefficient (Wildman–Crippen LogP) is 0.155. The second-order valence-electron chi connectivity index (χ2n) is 2.62. The van der Waals surface area contributed by atoms with E-state index >= 15 is 0 Å². The van der Waals surface area contributed by atoms with Crippen LogP contribution in [0.1, 0.15) is 6.42 Å². The van der Waals surface area contributed by atoms with E-state index in [1.165, 1.54) is 4.90 Å². The first-order valence-corrected chi connectivity index (χ1v) is 4.94. The predicted molar refractivity (Wildman–Crippen MR) is 49.7 cm³/mol. The maximum atomic E-state index is 11.1. The fourth-order valence-corrected chi connectivity index (χ4v) is 1.19. The first kappa shape index (κ1) is 10.8. The normalized spacial score (nSPS) is 12.7. The minimum Gasteiger partial charge on any atom is -0.347 e. The number of carbonyl (C=O) groups excluding carboxylic acids is 1. The molecule has 0 saturated carbocycles. The molecule has 0 fully saturated rings. The Morgan fingerprint density at radius 3 is 2.55 bits per heavy atom. The third-order valence-electron chi connectivity index (χ3n) is 1.39. The Bertz CT molecular complexity index is 128. The van der Waals surface area contributed by atoms with Crippen LogP contribution in [0.3, 0.4) is 0 Å². The summed E-state index contributed by atoms with van der Waals surface area (Å²) in [5, 5.41) is 0. The molecule has 0 heterocycles. The molecule has 2 N–H and O–H groups in total. The van der Waals surface area contributed by atoms with Crippen LogP contribution in [0.25, 0.3) is 0 Å². The van der Waals surface area contributed by atoms with Crippen LogP contribution in [-0.4, -0.2) is 43.0 Å². The summed E-state index contributed by atoms with van der Waals surface area (Å²) in [4.78, 5) is 12.7. The zero-order valence-electron chi connectivity index (χ0n) is 7.33. The molecule has 0 aliphatic rings. The number of likely N-dealkylation sites (N-methyl/N-ethyl adjacent to an activating group) is 1. The van der Waals surface area contributed by atoms with Gasteiger partial charge in [-0.1, -0.05) is 0 Å². The minimum atomic E-state index is -0.322. The van der Waals surface area contributed by atoms with Crippen molar-refractivity contribution in [3.8, 4) is 0 Å². The van der Waals surface area contributed by atoms with Crippen molar-refractivity contribution in [2.45, 2.75) is 12.5 Å². The second-order valence-corrected chi connectivity index (χ2v) is 3.61. The lowest BCUT2D eigenvalue weighted by atomic mass is 10.2. The Morgan fingerprint density at radius 2 is 2.18 bits per heavy atom. The molecule has 0 spiro atoms. The van der Waals surface area contributed by atoms with Crippen LogP contribution < -0.4 is 5.73 Å². The van der Waals surface area contributed by atoms with Crippen LogP contribution >= 0.6 is 11.8 Å². The van der Waals surface area contributed by atoms with Crippen molar-refractivity contribution >= 4 is 17.7 Å². The van der Waals surface area contributed by atoms with Crippen LogP contribution in [0.5, 0.6) is 0 Å². The molecule has 0 rings (SSSR count). The third kappa shape index (κ3) is 4.27. The second kappa shape index (κ2) is 5.43. The van der Waals surface area contributed by atoms with Crippen LogP contribution in [0.15, 0.2) is 0 Å². The fraction of sp³-hybridized carbons (Fsp3) is 0.857. The van der Waals surface area contributed by atoms with Crippen molar-refractivity contribution in [1.29, 1.82) is 0 Å². The van der Waals surface area contributed by atoms with Crippen LogP contribution in [-0.2, 0) is 4.79 Å². The molecule has 66 valence electrons. The van der Waals surface area contributed by atoms with Gasteiger partial charge in [0, 0.05) is 14.1 Å². The summed E-state index contributed by atoms with van der Waals surface area (Å²) in [6.45, 7) is 0. The zero-order valence-corrected chi connectivity index (χ0v) is 8.15. The Balaban J connectivity index is 3.64. The quantitative estimate of drug-likeness (QED) is 0.663. The van der Waals surface area contributed by atoms with Gasteiger partial charge < -0.3 is 10.6 Å². The van der Waals surface area contributed by atoms with Gasteiger partial charge >= 0.3 is 0 Å². The smallest absolute Gasteiger partial charge is 0.238 e. The van der Waals surface area contributed by atoms with Gasteiger partial charge in [0.2, 0.25) is 5.91 Å². The van der Waals surface area contributed by atoms with Gasteiger partial charge in [-0.15, -0.1) is 0 Å². The molecule has 4 heteroatoms. The standard InChI is InChI=1S/C7H16N2OS/c1-9(2)7(10)6(8)4-5-11-3/h6H,4-5,8H2,1-3H3. The minimum absolute atomic E-state index is 0.0130. The Labute approximate surface area is 72.3 Å². The van der Waals surface area contributed by atoms with E-state index in [4.69, 9.17) is 5.73 Å².